The van der Waals surface area contributed by atoms with Crippen molar-refractivity contribution < 1.29 is 4.79 Å². The van der Waals surface area contributed by atoms with Gasteiger partial charge < -0.3 is 10.2 Å². The summed E-state index contributed by atoms with van der Waals surface area (Å²) in [5.41, 5.74) is 6.55. The Balaban J connectivity index is 1.74. The third kappa shape index (κ3) is 5.05. The zero-order chi connectivity index (χ0) is 19.2. The minimum Gasteiger partial charge on any atom is -0.348 e. The second kappa shape index (κ2) is 8.65. The van der Waals surface area contributed by atoms with Crippen LogP contribution in [0.25, 0.3) is 11.1 Å². The molecule has 0 spiro atoms. The van der Waals surface area contributed by atoms with Crippen molar-refractivity contribution in [1.29, 1.82) is 0 Å². The lowest BCUT2D eigenvalue weighted by atomic mass is 9.98. The van der Waals surface area contributed by atoms with Crippen molar-refractivity contribution in [2.45, 2.75) is 20.0 Å². The van der Waals surface area contributed by atoms with Gasteiger partial charge in [-0.25, -0.2) is 0 Å². The summed E-state index contributed by atoms with van der Waals surface area (Å²) in [7, 11) is 4.14. The van der Waals surface area contributed by atoms with Crippen LogP contribution in [0.3, 0.4) is 0 Å². The molecule has 27 heavy (non-hydrogen) atoms. The number of hydrogen-bond donors (Lipinski definition) is 1. The second-order valence-electron chi connectivity index (χ2n) is 7.14. The second-order valence-corrected chi connectivity index (χ2v) is 7.14. The van der Waals surface area contributed by atoms with Crippen LogP contribution in [0.4, 0.5) is 0 Å². The highest BCUT2D eigenvalue weighted by molar-refractivity contribution is 5.94. The number of nitrogens with zero attached hydrogens (tertiary/aromatic N) is 1. The van der Waals surface area contributed by atoms with E-state index in [2.05, 4.69) is 60.7 Å². The fourth-order valence-electron chi connectivity index (χ4n) is 3.09. The molecule has 3 aromatic carbocycles. The Labute approximate surface area is 161 Å². The van der Waals surface area contributed by atoms with Crippen LogP contribution in [0.15, 0.2) is 72.8 Å². The van der Waals surface area contributed by atoms with Crippen molar-refractivity contribution in [3.05, 3.63) is 95.1 Å². The zero-order valence-electron chi connectivity index (χ0n) is 16.2. The van der Waals surface area contributed by atoms with Gasteiger partial charge in [0.15, 0.2) is 0 Å². The van der Waals surface area contributed by atoms with Crippen molar-refractivity contribution in [2.24, 2.45) is 0 Å². The van der Waals surface area contributed by atoms with E-state index in [4.69, 9.17) is 0 Å². The molecule has 3 aromatic rings. The van der Waals surface area contributed by atoms with Crippen LogP contribution in [0.5, 0.6) is 0 Å². The van der Waals surface area contributed by atoms with Gasteiger partial charge in [-0.05, 0) is 55.4 Å². The number of amides is 1. The maximum atomic E-state index is 12.4. The third-order valence-corrected chi connectivity index (χ3v) is 4.53. The molecule has 0 saturated carbocycles. The highest BCUT2D eigenvalue weighted by Gasteiger charge is 2.08. The summed E-state index contributed by atoms with van der Waals surface area (Å²) in [6, 6.07) is 24.5. The van der Waals surface area contributed by atoms with Crippen LogP contribution < -0.4 is 5.32 Å². The molecule has 0 unspecified atom stereocenters. The Bertz CT molecular complexity index is 896. The first-order chi connectivity index (χ1) is 13.0. The van der Waals surface area contributed by atoms with Gasteiger partial charge in [0.25, 0.3) is 5.91 Å². The fourth-order valence-corrected chi connectivity index (χ4v) is 3.09. The molecular weight excluding hydrogens is 332 g/mol. The summed E-state index contributed by atoms with van der Waals surface area (Å²) >= 11 is 0. The largest absolute Gasteiger partial charge is 0.348 e. The minimum absolute atomic E-state index is 0.0499. The average Bonchev–Trinajstić information content (AvgIpc) is 2.67. The molecule has 0 atom stereocenters. The first kappa shape index (κ1) is 18.9. The summed E-state index contributed by atoms with van der Waals surface area (Å²) in [5, 5.41) is 3.04. The van der Waals surface area contributed by atoms with Gasteiger partial charge in [-0.15, -0.1) is 0 Å². The lowest BCUT2D eigenvalue weighted by Crippen LogP contribution is -2.23. The first-order valence-electron chi connectivity index (χ1n) is 9.20. The van der Waals surface area contributed by atoms with E-state index in [9.17, 15) is 4.79 Å². The fraction of sp³-hybridized carbons (Fsp3) is 0.208. The molecule has 0 aromatic heterocycles. The van der Waals surface area contributed by atoms with Gasteiger partial charge in [-0.2, -0.15) is 0 Å². The SMILES string of the molecule is Cc1ccc(C(=O)NCc2ccccc2-c2ccc(CN(C)C)cc2)cc1. The van der Waals surface area contributed by atoms with Crippen LogP contribution in [-0.2, 0) is 13.1 Å². The maximum Gasteiger partial charge on any atom is 0.251 e. The lowest BCUT2D eigenvalue weighted by molar-refractivity contribution is 0.0951. The Morgan fingerprint density at radius 3 is 2.22 bits per heavy atom. The van der Waals surface area contributed by atoms with Crippen LogP contribution in [0.2, 0.25) is 0 Å². The minimum atomic E-state index is -0.0499. The maximum absolute atomic E-state index is 12.4. The quantitative estimate of drug-likeness (QED) is 0.695. The first-order valence-corrected chi connectivity index (χ1v) is 9.20. The highest BCUT2D eigenvalue weighted by atomic mass is 16.1. The van der Waals surface area contributed by atoms with Crippen LogP contribution in [0, 0.1) is 6.92 Å². The van der Waals surface area contributed by atoms with E-state index in [1.807, 2.05) is 43.3 Å². The Hall–Kier alpha value is -2.91. The Kier molecular flexibility index (Phi) is 6.05. The van der Waals surface area contributed by atoms with Gasteiger partial charge in [0.1, 0.15) is 0 Å². The molecule has 0 aliphatic heterocycles. The van der Waals surface area contributed by atoms with E-state index in [1.54, 1.807) is 0 Å². The summed E-state index contributed by atoms with van der Waals surface area (Å²) in [6.07, 6.45) is 0. The van der Waals surface area contributed by atoms with Gasteiger partial charge >= 0.3 is 0 Å². The highest BCUT2D eigenvalue weighted by Crippen LogP contribution is 2.24. The topological polar surface area (TPSA) is 32.3 Å². The average molecular weight is 358 g/mol. The van der Waals surface area contributed by atoms with Crippen LogP contribution in [0.1, 0.15) is 27.0 Å². The smallest absolute Gasteiger partial charge is 0.251 e. The van der Waals surface area contributed by atoms with Crippen molar-refractivity contribution in [1.82, 2.24) is 10.2 Å². The number of carbonyl (C=O) groups is 1. The van der Waals surface area contributed by atoms with Crippen molar-refractivity contribution in [2.75, 3.05) is 14.1 Å². The summed E-state index contributed by atoms with van der Waals surface area (Å²) < 4.78 is 0. The van der Waals surface area contributed by atoms with Gasteiger partial charge in [0.2, 0.25) is 0 Å². The molecule has 0 fully saturated rings. The monoisotopic (exact) mass is 358 g/mol. The van der Waals surface area contributed by atoms with Crippen molar-refractivity contribution in [3.63, 3.8) is 0 Å². The summed E-state index contributed by atoms with van der Waals surface area (Å²) in [6.45, 7) is 3.44. The molecule has 0 saturated heterocycles. The number of hydrogen-bond acceptors (Lipinski definition) is 2. The molecule has 3 heteroatoms. The number of benzene rings is 3. The predicted octanol–water partition coefficient (Wildman–Crippen LogP) is 4.65. The molecule has 0 aliphatic rings. The van der Waals surface area contributed by atoms with E-state index in [0.717, 1.165) is 28.8 Å². The molecule has 3 nitrogen and oxygen atoms in total. The van der Waals surface area contributed by atoms with Crippen molar-refractivity contribution >= 4 is 5.91 Å². The van der Waals surface area contributed by atoms with Crippen LogP contribution in [-0.4, -0.2) is 24.9 Å². The zero-order valence-corrected chi connectivity index (χ0v) is 16.2. The van der Waals surface area contributed by atoms with E-state index in [-0.39, 0.29) is 5.91 Å². The molecule has 1 N–H and O–H groups in total. The van der Waals surface area contributed by atoms with E-state index < -0.39 is 0 Å². The van der Waals surface area contributed by atoms with Gasteiger partial charge in [-0.3, -0.25) is 4.79 Å². The lowest BCUT2D eigenvalue weighted by Gasteiger charge is -2.13. The predicted molar refractivity (Wildman–Crippen MR) is 112 cm³/mol. The van der Waals surface area contributed by atoms with Gasteiger partial charge in [0, 0.05) is 18.7 Å². The van der Waals surface area contributed by atoms with E-state index in [0.29, 0.717) is 12.1 Å². The number of nitrogens with one attached hydrogen (secondary N) is 1. The standard InChI is InChI=1S/C24H26N2O/c1-18-8-12-21(13-9-18)24(27)25-16-22-6-4-5-7-23(22)20-14-10-19(11-15-20)17-26(2)3/h4-15H,16-17H2,1-3H3,(H,25,27). The molecular formula is C24H26N2O. The Morgan fingerprint density at radius 2 is 1.56 bits per heavy atom. The number of aryl methyl sites for hydroxylation is 1. The summed E-state index contributed by atoms with van der Waals surface area (Å²) in [5.74, 6) is -0.0499. The molecule has 0 radical (unpaired) electrons. The van der Waals surface area contributed by atoms with Crippen molar-refractivity contribution in [3.8, 4) is 11.1 Å². The van der Waals surface area contributed by atoms with Gasteiger partial charge in [-0.1, -0.05) is 66.2 Å². The number of carbonyl (C=O) groups excluding carboxylic acids is 1. The molecule has 0 bridgehead atoms. The van der Waals surface area contributed by atoms with E-state index >= 15 is 0 Å². The number of rotatable bonds is 6. The molecule has 3 rings (SSSR count). The third-order valence-electron chi connectivity index (χ3n) is 4.53. The van der Waals surface area contributed by atoms with Gasteiger partial charge in [0.05, 0.1) is 0 Å². The normalized spacial score (nSPS) is 10.8. The molecule has 0 heterocycles. The van der Waals surface area contributed by atoms with E-state index in [1.165, 1.54) is 5.56 Å². The molecule has 0 aliphatic carbocycles. The van der Waals surface area contributed by atoms with Crippen LogP contribution >= 0.6 is 0 Å². The molecule has 138 valence electrons. The summed E-state index contributed by atoms with van der Waals surface area (Å²) in [4.78, 5) is 14.6. The Morgan fingerprint density at radius 1 is 0.889 bits per heavy atom. The molecule has 1 amide bonds.